The topological polar surface area (TPSA) is 227 Å². The molecule has 4 N–H and O–H groups in total. The molecule has 0 unspecified atom stereocenters. The summed E-state index contributed by atoms with van der Waals surface area (Å²) in [5, 5.41) is 29.1. The van der Waals surface area contributed by atoms with E-state index in [0.29, 0.717) is 5.52 Å². The third-order valence-electron chi connectivity index (χ3n) is 9.05. The number of nitrogen functional groups attached to an aromatic ring is 1. The van der Waals surface area contributed by atoms with E-state index >= 15 is 0 Å². The molecule has 1 saturated heterocycles. The van der Waals surface area contributed by atoms with Gasteiger partial charge in [-0.25, -0.2) is 14.1 Å². The molecule has 1 fully saturated rings. The van der Waals surface area contributed by atoms with Gasteiger partial charge in [-0.15, -0.1) is 0 Å². The Morgan fingerprint density at radius 2 is 1.85 bits per heavy atom. The highest BCUT2D eigenvalue weighted by atomic mass is 31.2. The van der Waals surface area contributed by atoms with Gasteiger partial charge in [-0.05, 0) is 43.5 Å². The Hall–Kier alpha value is -4.39. The number of anilines is 1. The number of nitrogens with zero attached hydrogens (tertiary/aromatic N) is 4. The fraction of sp³-hybridized carbons (Fsp3) is 0.556. The first kappa shape index (κ1) is 41.4. The van der Waals surface area contributed by atoms with Crippen LogP contribution in [0.1, 0.15) is 79.3 Å². The van der Waals surface area contributed by atoms with E-state index in [1.54, 1.807) is 39.0 Å². The molecule has 0 radical (unpaired) electrons. The average molecular weight is 757 g/mol. The van der Waals surface area contributed by atoms with Crippen molar-refractivity contribution < 1.29 is 47.3 Å². The number of hydrogen-bond donors (Lipinski definition) is 3. The van der Waals surface area contributed by atoms with Gasteiger partial charge in [0.05, 0.1) is 18.9 Å². The minimum absolute atomic E-state index is 0.0407. The summed E-state index contributed by atoms with van der Waals surface area (Å²) in [6.45, 7) is 10.3. The van der Waals surface area contributed by atoms with E-state index in [1.165, 1.54) is 35.7 Å². The zero-order valence-corrected chi connectivity index (χ0v) is 31.8. The van der Waals surface area contributed by atoms with Gasteiger partial charge in [-0.3, -0.25) is 18.9 Å². The highest BCUT2D eigenvalue weighted by Gasteiger charge is 2.60. The number of ketones is 1. The van der Waals surface area contributed by atoms with E-state index in [4.69, 9.17) is 29.0 Å². The molecule has 0 saturated carbocycles. The molecular weight excluding hydrogens is 707 g/mol. The highest BCUT2D eigenvalue weighted by Crippen LogP contribution is 2.48. The minimum Gasteiger partial charge on any atom is -0.464 e. The molecule has 17 heteroatoms. The van der Waals surface area contributed by atoms with Crippen LogP contribution in [0, 0.1) is 22.7 Å². The standard InChI is InChI=1S/C36H49N6O10P/c1-7-24(8-2)19-48-34(46)23(3)41-53(47,52-25-13-10-9-11-14-25)49-20-27-31(50-30(44)16-12-15-29(43)35(4,5)6)32(45)36(21-37,51-27)28-18-17-26-33(38)39-22-40-42(26)28/h9-11,13-14,17-18,22-24,27,31-32,45H,7-8,12,15-16,19-20H2,1-6H3,(H,41,47)(H2,38,39,40)/t23-,27+,31+,32+,36-,53-/m0/s1. The molecule has 1 aliphatic rings. The van der Waals surface area contributed by atoms with E-state index in [9.17, 15) is 29.3 Å². The quantitative estimate of drug-likeness (QED) is 0.119. The smallest absolute Gasteiger partial charge is 0.459 e. The van der Waals surface area contributed by atoms with Gasteiger partial charge in [0.2, 0.25) is 5.60 Å². The Balaban J connectivity index is 1.62. The number of Topliss-reactive ketones (excluding diaryl/α,β-unsaturated/α-hetero) is 1. The van der Waals surface area contributed by atoms with Gasteiger partial charge in [0.1, 0.15) is 47.7 Å². The number of nitriles is 1. The lowest BCUT2D eigenvalue weighted by Gasteiger charge is -2.26. The van der Waals surface area contributed by atoms with Crippen LogP contribution in [0.15, 0.2) is 48.8 Å². The zero-order chi connectivity index (χ0) is 39.0. The summed E-state index contributed by atoms with van der Waals surface area (Å²) in [7, 11) is -4.46. The van der Waals surface area contributed by atoms with Crippen molar-refractivity contribution >= 4 is 36.8 Å². The number of ether oxygens (including phenoxy) is 3. The molecule has 6 atom stereocenters. The predicted octanol–water partition coefficient (Wildman–Crippen LogP) is 4.65. The van der Waals surface area contributed by atoms with Crippen LogP contribution in [0.25, 0.3) is 5.52 Å². The zero-order valence-electron chi connectivity index (χ0n) is 30.9. The van der Waals surface area contributed by atoms with E-state index in [0.717, 1.165) is 19.2 Å². The largest absolute Gasteiger partial charge is 0.464 e. The first-order valence-corrected chi connectivity index (χ1v) is 19.1. The van der Waals surface area contributed by atoms with Crippen molar-refractivity contribution in [2.45, 2.75) is 104 Å². The van der Waals surface area contributed by atoms with Crippen LogP contribution in [0.2, 0.25) is 0 Å². The lowest BCUT2D eigenvalue weighted by molar-refractivity contribution is -0.156. The molecule has 16 nitrogen and oxygen atoms in total. The highest BCUT2D eigenvalue weighted by molar-refractivity contribution is 7.52. The van der Waals surface area contributed by atoms with Gasteiger partial charge >= 0.3 is 19.7 Å². The summed E-state index contributed by atoms with van der Waals surface area (Å²) < 4.78 is 44.7. The van der Waals surface area contributed by atoms with Gasteiger partial charge in [-0.2, -0.15) is 15.4 Å². The second-order valence-electron chi connectivity index (χ2n) is 14.0. The predicted molar refractivity (Wildman–Crippen MR) is 192 cm³/mol. The van der Waals surface area contributed by atoms with Crippen LogP contribution in [0.3, 0.4) is 0 Å². The normalized spacial score (nSPS) is 21.8. The van der Waals surface area contributed by atoms with E-state index in [2.05, 4.69) is 15.2 Å². The maximum atomic E-state index is 14.4. The third kappa shape index (κ3) is 9.98. The number of esters is 2. The molecule has 53 heavy (non-hydrogen) atoms. The Morgan fingerprint density at radius 3 is 2.49 bits per heavy atom. The molecule has 3 heterocycles. The monoisotopic (exact) mass is 756 g/mol. The number of rotatable bonds is 18. The number of hydrogen-bond acceptors (Lipinski definition) is 14. The maximum absolute atomic E-state index is 14.4. The molecule has 0 amide bonds. The number of benzene rings is 1. The molecule has 0 bridgehead atoms. The van der Waals surface area contributed by atoms with Crippen LogP contribution in [0.4, 0.5) is 5.82 Å². The van der Waals surface area contributed by atoms with Crippen molar-refractivity contribution in [1.82, 2.24) is 19.7 Å². The van der Waals surface area contributed by atoms with Gasteiger partial charge in [0.15, 0.2) is 11.9 Å². The van der Waals surface area contributed by atoms with Gasteiger partial charge in [0.25, 0.3) is 0 Å². The number of fused-ring (bicyclic) bond motifs is 1. The van der Waals surface area contributed by atoms with Crippen LogP contribution < -0.4 is 15.3 Å². The van der Waals surface area contributed by atoms with Crippen LogP contribution in [-0.2, 0) is 43.3 Å². The molecule has 2 aromatic heterocycles. The lowest BCUT2D eigenvalue weighted by atomic mass is 9.88. The first-order chi connectivity index (χ1) is 25.1. The second-order valence-corrected chi connectivity index (χ2v) is 15.6. The molecule has 1 aromatic carbocycles. The number of para-hydroxylation sites is 1. The van der Waals surface area contributed by atoms with Crippen molar-refractivity contribution in [3.8, 4) is 11.8 Å². The summed E-state index contributed by atoms with van der Waals surface area (Å²) in [6, 6.07) is 11.9. The Labute approximate surface area is 308 Å². The molecule has 4 rings (SSSR count). The number of nitrogens with two attached hydrogens (primary N) is 1. The van der Waals surface area contributed by atoms with Crippen molar-refractivity contribution in [3.63, 3.8) is 0 Å². The molecule has 1 aliphatic heterocycles. The number of carbonyl (C=O) groups is 3. The van der Waals surface area contributed by atoms with Crippen molar-refractivity contribution in [1.29, 1.82) is 5.26 Å². The third-order valence-corrected chi connectivity index (χ3v) is 10.7. The lowest BCUT2D eigenvalue weighted by Crippen LogP contribution is -2.43. The van der Waals surface area contributed by atoms with Crippen molar-refractivity contribution in [3.05, 3.63) is 54.5 Å². The van der Waals surface area contributed by atoms with E-state index in [-0.39, 0.29) is 54.8 Å². The minimum atomic E-state index is -4.46. The number of aliphatic hydroxyl groups is 1. The summed E-state index contributed by atoms with van der Waals surface area (Å²) in [4.78, 5) is 42.5. The molecular formula is C36H49N6O10P. The van der Waals surface area contributed by atoms with Crippen LogP contribution >= 0.6 is 7.75 Å². The number of aromatic nitrogens is 3. The summed E-state index contributed by atoms with van der Waals surface area (Å²) in [6.07, 6.45) is -1.88. The summed E-state index contributed by atoms with van der Waals surface area (Å²) >= 11 is 0. The Morgan fingerprint density at radius 1 is 1.15 bits per heavy atom. The second kappa shape index (κ2) is 17.6. The Kier molecular flexibility index (Phi) is 13.8. The maximum Gasteiger partial charge on any atom is 0.459 e. The number of nitrogens with one attached hydrogen (secondary N) is 1. The van der Waals surface area contributed by atoms with Gasteiger partial charge < -0.3 is 29.6 Å². The van der Waals surface area contributed by atoms with Gasteiger partial charge in [-0.1, -0.05) is 65.7 Å². The SMILES string of the molecule is CCC(CC)COC(=O)[C@H](C)N[P@](=O)(OC[C@H]1O[C@@](C#N)(c2ccc3c(N)ncnn23)[C@H](O)[C@@H]1OC(=O)CCCC(=O)C(C)(C)C)Oc1ccccc1. The molecule has 3 aromatic rings. The fourth-order valence-corrected chi connectivity index (χ4v) is 7.18. The molecule has 288 valence electrons. The van der Waals surface area contributed by atoms with Crippen LogP contribution in [-0.4, -0.2) is 75.0 Å². The number of carbonyl (C=O) groups excluding carboxylic acids is 3. The van der Waals surface area contributed by atoms with E-state index in [1.807, 2.05) is 19.9 Å². The molecule has 0 aliphatic carbocycles. The van der Waals surface area contributed by atoms with Gasteiger partial charge in [0, 0.05) is 18.3 Å². The van der Waals surface area contributed by atoms with E-state index < -0.39 is 61.7 Å². The number of aliphatic hydroxyl groups excluding tert-OH is 1. The van der Waals surface area contributed by atoms with Crippen molar-refractivity contribution in [2.24, 2.45) is 11.3 Å². The fourth-order valence-electron chi connectivity index (χ4n) is 5.68. The summed E-state index contributed by atoms with van der Waals surface area (Å²) in [5.74, 6) is -1.12. The average Bonchev–Trinajstić information content (AvgIpc) is 3.67. The first-order valence-electron chi connectivity index (χ1n) is 17.6. The summed E-state index contributed by atoms with van der Waals surface area (Å²) in [5.41, 5.74) is 3.59. The van der Waals surface area contributed by atoms with Crippen molar-refractivity contribution in [2.75, 3.05) is 18.9 Å². The Bertz CT molecular complexity index is 1820. The van der Waals surface area contributed by atoms with Crippen LogP contribution in [0.5, 0.6) is 5.75 Å². The molecule has 0 spiro atoms.